The van der Waals surface area contributed by atoms with Crippen LogP contribution in [0, 0.1) is 0 Å². The van der Waals surface area contributed by atoms with Gasteiger partial charge in [-0.2, -0.15) is 0 Å². The van der Waals surface area contributed by atoms with Gasteiger partial charge in [0.25, 0.3) is 5.91 Å². The number of amides is 1. The van der Waals surface area contributed by atoms with E-state index in [1.54, 1.807) is 32.4 Å². The molecule has 0 saturated carbocycles. The molecule has 7 heteroatoms. The van der Waals surface area contributed by atoms with Gasteiger partial charge in [0.1, 0.15) is 5.75 Å². The molecular weight excluding hydrogens is 378 g/mol. The number of carbonyl (C=O) groups excluding carboxylic acids is 1. The molecule has 0 radical (unpaired) electrons. The summed E-state index contributed by atoms with van der Waals surface area (Å²) in [7, 11) is 3.32. The number of fused-ring (bicyclic) bond motifs is 1. The van der Waals surface area contributed by atoms with Gasteiger partial charge in [0, 0.05) is 50.5 Å². The summed E-state index contributed by atoms with van der Waals surface area (Å²) in [5.74, 6) is 1.26. The highest BCUT2D eigenvalue weighted by Gasteiger charge is 2.06. The number of carbonyl (C=O) groups is 1. The molecule has 7 nitrogen and oxygen atoms in total. The van der Waals surface area contributed by atoms with Gasteiger partial charge in [0.05, 0.1) is 7.11 Å². The van der Waals surface area contributed by atoms with Crippen LogP contribution in [0.4, 0.5) is 0 Å². The maximum atomic E-state index is 12.2. The van der Waals surface area contributed by atoms with Crippen molar-refractivity contribution in [3.05, 3.63) is 66.4 Å². The Kier molecular flexibility index (Phi) is 7.71. The van der Waals surface area contributed by atoms with Crippen molar-refractivity contribution in [2.75, 3.05) is 33.8 Å². The van der Waals surface area contributed by atoms with Crippen LogP contribution in [0.2, 0.25) is 0 Å². The van der Waals surface area contributed by atoms with Crippen LogP contribution in [-0.4, -0.2) is 50.2 Å². The minimum absolute atomic E-state index is 0.127. The highest BCUT2D eigenvalue weighted by atomic mass is 16.5. The zero-order valence-electron chi connectivity index (χ0n) is 17.5. The van der Waals surface area contributed by atoms with Gasteiger partial charge >= 0.3 is 0 Å². The molecule has 0 fully saturated rings. The molecule has 0 saturated heterocycles. The third kappa shape index (κ3) is 5.76. The van der Waals surface area contributed by atoms with Crippen LogP contribution in [0.5, 0.6) is 5.75 Å². The zero-order chi connectivity index (χ0) is 21.2. The fourth-order valence-corrected chi connectivity index (χ4v) is 3.24. The molecule has 0 aliphatic heterocycles. The Morgan fingerprint density at radius 1 is 1.00 bits per heavy atom. The van der Waals surface area contributed by atoms with Gasteiger partial charge < -0.3 is 25.3 Å². The number of guanidine groups is 1. The Bertz CT molecular complexity index is 996. The van der Waals surface area contributed by atoms with Crippen molar-refractivity contribution in [1.29, 1.82) is 0 Å². The first-order valence-corrected chi connectivity index (χ1v) is 10.1. The molecule has 0 aliphatic rings. The van der Waals surface area contributed by atoms with Gasteiger partial charge in [0.15, 0.2) is 5.96 Å². The number of nitrogens with zero attached hydrogens (tertiary/aromatic N) is 2. The summed E-state index contributed by atoms with van der Waals surface area (Å²) in [5, 5.41) is 10.7. The van der Waals surface area contributed by atoms with E-state index >= 15 is 0 Å². The lowest BCUT2D eigenvalue weighted by Crippen LogP contribution is -2.41. The molecule has 3 aromatic rings. The van der Waals surface area contributed by atoms with E-state index in [2.05, 4.69) is 62.0 Å². The monoisotopic (exact) mass is 407 g/mol. The summed E-state index contributed by atoms with van der Waals surface area (Å²) >= 11 is 0. The number of methoxy groups -OCH3 is 1. The molecule has 30 heavy (non-hydrogen) atoms. The first kappa shape index (κ1) is 21.2. The van der Waals surface area contributed by atoms with Gasteiger partial charge in [-0.1, -0.05) is 24.3 Å². The van der Waals surface area contributed by atoms with Gasteiger partial charge in [-0.25, -0.2) is 0 Å². The number of ether oxygens (including phenoxy) is 1. The van der Waals surface area contributed by atoms with Crippen molar-refractivity contribution in [3.63, 3.8) is 0 Å². The zero-order valence-corrected chi connectivity index (χ0v) is 17.5. The Hall–Kier alpha value is -3.48. The number of hydrogen-bond donors (Lipinski definition) is 3. The summed E-state index contributed by atoms with van der Waals surface area (Å²) in [5.41, 5.74) is 1.83. The molecule has 1 aromatic heterocycles. The predicted octanol–water partition coefficient (Wildman–Crippen LogP) is 2.63. The molecular formula is C23H29N5O2. The SMILES string of the molecule is CN=C(NCCCn1ccc2ccccc21)NCCNC(=O)c1cccc(OC)c1. The molecule has 2 aromatic carbocycles. The van der Waals surface area contributed by atoms with E-state index in [-0.39, 0.29) is 5.91 Å². The van der Waals surface area contributed by atoms with E-state index in [1.807, 2.05) is 6.07 Å². The summed E-state index contributed by atoms with van der Waals surface area (Å²) in [6.45, 7) is 2.82. The molecule has 0 aliphatic carbocycles. The van der Waals surface area contributed by atoms with Crippen LogP contribution in [0.15, 0.2) is 65.8 Å². The summed E-state index contributed by atoms with van der Waals surface area (Å²) in [4.78, 5) is 16.4. The lowest BCUT2D eigenvalue weighted by atomic mass is 10.2. The largest absolute Gasteiger partial charge is 0.497 e. The lowest BCUT2D eigenvalue weighted by Gasteiger charge is -2.13. The lowest BCUT2D eigenvalue weighted by molar-refractivity contribution is 0.0954. The first-order valence-electron chi connectivity index (χ1n) is 10.1. The normalized spacial score (nSPS) is 11.3. The fraction of sp³-hybridized carbons (Fsp3) is 0.304. The van der Waals surface area contributed by atoms with Gasteiger partial charge in [-0.05, 0) is 42.1 Å². The number of aryl methyl sites for hydroxylation is 1. The van der Waals surface area contributed by atoms with Crippen LogP contribution in [0.25, 0.3) is 10.9 Å². The third-order valence-corrected chi connectivity index (χ3v) is 4.81. The van der Waals surface area contributed by atoms with E-state index in [9.17, 15) is 4.79 Å². The van der Waals surface area contributed by atoms with Crippen LogP contribution in [0.1, 0.15) is 16.8 Å². The minimum Gasteiger partial charge on any atom is -0.497 e. The molecule has 0 bridgehead atoms. The van der Waals surface area contributed by atoms with Crippen molar-refractivity contribution >= 4 is 22.8 Å². The van der Waals surface area contributed by atoms with Crippen LogP contribution in [-0.2, 0) is 6.54 Å². The number of aliphatic imine (C=N–C) groups is 1. The second-order valence-electron chi connectivity index (χ2n) is 6.84. The number of nitrogens with one attached hydrogen (secondary N) is 3. The molecule has 0 unspecified atom stereocenters. The predicted molar refractivity (Wildman–Crippen MR) is 121 cm³/mol. The fourth-order valence-electron chi connectivity index (χ4n) is 3.24. The summed E-state index contributed by atoms with van der Waals surface area (Å²) < 4.78 is 7.42. The van der Waals surface area contributed by atoms with Gasteiger partial charge in [-0.3, -0.25) is 9.79 Å². The molecule has 0 spiro atoms. The van der Waals surface area contributed by atoms with E-state index in [4.69, 9.17) is 4.74 Å². The molecule has 158 valence electrons. The molecule has 3 N–H and O–H groups in total. The average molecular weight is 408 g/mol. The average Bonchev–Trinajstić information content (AvgIpc) is 3.21. The number of aromatic nitrogens is 1. The van der Waals surface area contributed by atoms with Gasteiger partial charge in [-0.15, -0.1) is 0 Å². The third-order valence-electron chi connectivity index (χ3n) is 4.81. The highest BCUT2D eigenvalue weighted by molar-refractivity contribution is 5.94. The summed E-state index contributed by atoms with van der Waals surface area (Å²) in [6, 6.07) is 17.6. The van der Waals surface area contributed by atoms with Crippen molar-refractivity contribution < 1.29 is 9.53 Å². The Labute approximate surface area is 177 Å². The molecule has 1 amide bonds. The standard InChI is InChI=1S/C23H29N5O2/c1-24-23(26-12-6-15-28-16-11-18-7-3-4-10-21(18)28)27-14-13-25-22(29)19-8-5-9-20(17-19)30-2/h3-5,7-11,16-17H,6,12-15H2,1-2H3,(H,25,29)(H2,24,26,27). The summed E-state index contributed by atoms with van der Waals surface area (Å²) in [6.07, 6.45) is 3.11. The second-order valence-corrected chi connectivity index (χ2v) is 6.84. The maximum Gasteiger partial charge on any atom is 0.251 e. The first-order chi connectivity index (χ1) is 14.7. The minimum atomic E-state index is -0.127. The molecule has 3 rings (SSSR count). The number of hydrogen-bond acceptors (Lipinski definition) is 3. The number of para-hydroxylation sites is 1. The van der Waals surface area contributed by atoms with Crippen molar-refractivity contribution in [3.8, 4) is 5.75 Å². The Balaban J connectivity index is 1.34. The van der Waals surface area contributed by atoms with Gasteiger partial charge in [0.2, 0.25) is 0 Å². The highest BCUT2D eigenvalue weighted by Crippen LogP contribution is 2.15. The van der Waals surface area contributed by atoms with Crippen LogP contribution < -0.4 is 20.7 Å². The Morgan fingerprint density at radius 3 is 2.63 bits per heavy atom. The number of benzene rings is 2. The maximum absolute atomic E-state index is 12.2. The number of rotatable bonds is 9. The molecule has 0 atom stereocenters. The van der Waals surface area contributed by atoms with E-state index in [1.165, 1.54) is 10.9 Å². The Morgan fingerprint density at radius 2 is 1.80 bits per heavy atom. The van der Waals surface area contributed by atoms with Crippen molar-refractivity contribution in [2.24, 2.45) is 4.99 Å². The van der Waals surface area contributed by atoms with Crippen LogP contribution in [0.3, 0.4) is 0 Å². The quantitative estimate of drug-likeness (QED) is 0.289. The smallest absolute Gasteiger partial charge is 0.251 e. The van der Waals surface area contributed by atoms with E-state index < -0.39 is 0 Å². The second kappa shape index (κ2) is 10.9. The van der Waals surface area contributed by atoms with E-state index in [0.717, 1.165) is 25.5 Å². The van der Waals surface area contributed by atoms with Crippen molar-refractivity contribution in [1.82, 2.24) is 20.5 Å². The van der Waals surface area contributed by atoms with Crippen molar-refractivity contribution in [2.45, 2.75) is 13.0 Å². The van der Waals surface area contributed by atoms with E-state index in [0.29, 0.717) is 24.4 Å². The molecule has 1 heterocycles. The van der Waals surface area contributed by atoms with Crippen LogP contribution >= 0.6 is 0 Å². The topological polar surface area (TPSA) is 79.7 Å².